The number of carbonyl (C=O) groups is 1. The van der Waals surface area contributed by atoms with E-state index in [9.17, 15) is 31.5 Å². The lowest BCUT2D eigenvalue weighted by Gasteiger charge is -2.15. The van der Waals surface area contributed by atoms with Gasteiger partial charge in [0.05, 0.1) is 41.1 Å². The number of hydrogen-bond donors (Lipinski definition) is 2. The maximum absolute atomic E-state index is 12.9. The molecule has 2 aromatic heterocycles. The number of alkyl halides is 3. The van der Waals surface area contributed by atoms with Crippen LogP contribution in [0.1, 0.15) is 10.5 Å². The van der Waals surface area contributed by atoms with E-state index in [4.69, 9.17) is 0 Å². The number of aryl methyl sites for hydroxylation is 1. The Morgan fingerprint density at radius 2 is 1.88 bits per heavy atom. The Kier molecular flexibility index (Phi) is 6.03. The van der Waals surface area contributed by atoms with Gasteiger partial charge < -0.3 is 15.2 Å². The van der Waals surface area contributed by atoms with Gasteiger partial charge in [-0.05, 0) is 30.3 Å². The lowest BCUT2D eigenvalue weighted by atomic mass is 10.1. The highest BCUT2D eigenvalue weighted by molar-refractivity contribution is 7.91. The number of nitrogens with zero attached hydrogens (tertiary/aromatic N) is 4. The summed E-state index contributed by atoms with van der Waals surface area (Å²) < 4.78 is 66.2. The average Bonchev–Trinajstić information content (AvgIpc) is 3.28. The molecule has 10 nitrogen and oxygen atoms in total. The number of sulfone groups is 1. The van der Waals surface area contributed by atoms with E-state index in [1.165, 1.54) is 29.1 Å². The maximum Gasteiger partial charge on any atom is 0.573 e. The predicted molar refractivity (Wildman–Crippen MR) is 112 cm³/mol. The van der Waals surface area contributed by atoms with Crippen molar-refractivity contribution in [3.63, 3.8) is 0 Å². The van der Waals surface area contributed by atoms with Crippen LogP contribution >= 0.6 is 0 Å². The first-order valence-electron chi connectivity index (χ1n) is 9.82. The van der Waals surface area contributed by atoms with Crippen LogP contribution in [0.15, 0.2) is 42.7 Å². The molecule has 2 atom stereocenters. The molecule has 34 heavy (non-hydrogen) atoms. The lowest BCUT2D eigenvalue weighted by Crippen LogP contribution is -2.42. The first-order valence-corrected chi connectivity index (χ1v) is 11.6. The van der Waals surface area contributed by atoms with Gasteiger partial charge in [-0.3, -0.25) is 9.48 Å². The molecule has 1 aliphatic heterocycles. The van der Waals surface area contributed by atoms with Crippen molar-refractivity contribution in [2.24, 2.45) is 7.05 Å². The molecule has 0 aliphatic carbocycles. The second kappa shape index (κ2) is 8.68. The zero-order valence-corrected chi connectivity index (χ0v) is 18.3. The van der Waals surface area contributed by atoms with Gasteiger partial charge in [-0.15, -0.1) is 13.2 Å². The molecule has 1 saturated heterocycles. The van der Waals surface area contributed by atoms with E-state index >= 15 is 0 Å². The van der Waals surface area contributed by atoms with E-state index in [0.29, 0.717) is 11.1 Å². The molecule has 1 amide bonds. The second-order valence-electron chi connectivity index (χ2n) is 7.66. The van der Waals surface area contributed by atoms with Gasteiger partial charge in [0, 0.05) is 18.8 Å². The molecule has 0 bridgehead atoms. The third kappa shape index (κ3) is 5.51. The van der Waals surface area contributed by atoms with Crippen LogP contribution in [0.25, 0.3) is 22.6 Å². The highest BCUT2D eigenvalue weighted by atomic mass is 32.2. The first kappa shape index (κ1) is 23.6. The summed E-state index contributed by atoms with van der Waals surface area (Å²) in [5.74, 6) is -1.92. The summed E-state index contributed by atoms with van der Waals surface area (Å²) in [7, 11) is -1.82. The lowest BCUT2D eigenvalue weighted by molar-refractivity contribution is -0.274. The number of ether oxygens (including phenoxy) is 1. The standard InChI is InChI=1S/C20H18F3N5O5S/c1-28-8-12(7-24-28)18-25-14(11-2-4-13(5-3-11)33-20(21,22)23)6-15(26-18)19(30)27-16-9-34(31,32)10-17(16)29/h2-8,16-17,29H,9-10H2,1H3,(H,27,30)/t16-,17-/m0/s1. The number of rotatable bonds is 5. The largest absolute Gasteiger partial charge is 0.573 e. The highest BCUT2D eigenvalue weighted by Gasteiger charge is 2.37. The van der Waals surface area contributed by atoms with Gasteiger partial charge >= 0.3 is 6.36 Å². The van der Waals surface area contributed by atoms with Crippen LogP contribution in [0.4, 0.5) is 13.2 Å². The summed E-state index contributed by atoms with van der Waals surface area (Å²) in [6, 6.07) is 5.20. The summed E-state index contributed by atoms with van der Waals surface area (Å²) in [4.78, 5) is 21.5. The Bertz CT molecular complexity index is 1330. The van der Waals surface area contributed by atoms with Gasteiger partial charge in [0.2, 0.25) is 0 Å². The molecule has 4 rings (SSSR count). The molecule has 0 spiro atoms. The van der Waals surface area contributed by atoms with Crippen LogP contribution in [0.2, 0.25) is 0 Å². The quantitative estimate of drug-likeness (QED) is 0.539. The number of benzene rings is 1. The van der Waals surface area contributed by atoms with E-state index in [1.807, 2.05) is 0 Å². The normalized spacial score (nSPS) is 19.7. The molecule has 0 unspecified atom stereocenters. The molecule has 1 fully saturated rings. The van der Waals surface area contributed by atoms with Crippen molar-refractivity contribution >= 4 is 15.7 Å². The van der Waals surface area contributed by atoms with Crippen molar-refractivity contribution in [1.82, 2.24) is 25.1 Å². The van der Waals surface area contributed by atoms with E-state index in [-0.39, 0.29) is 17.2 Å². The van der Waals surface area contributed by atoms with Gasteiger partial charge in [0.1, 0.15) is 11.4 Å². The Morgan fingerprint density at radius 3 is 2.44 bits per heavy atom. The molecule has 1 aromatic carbocycles. The number of nitrogens with one attached hydrogen (secondary N) is 1. The Morgan fingerprint density at radius 1 is 1.18 bits per heavy atom. The topological polar surface area (TPSA) is 136 Å². The number of halogens is 3. The van der Waals surface area contributed by atoms with E-state index in [0.717, 1.165) is 12.1 Å². The molecule has 3 aromatic rings. The van der Waals surface area contributed by atoms with Crippen molar-refractivity contribution in [3.8, 4) is 28.4 Å². The fourth-order valence-electron chi connectivity index (χ4n) is 3.41. The first-order chi connectivity index (χ1) is 15.9. The molecule has 0 radical (unpaired) electrons. The molecule has 14 heteroatoms. The minimum atomic E-state index is -4.84. The van der Waals surface area contributed by atoms with Crippen LogP contribution in [-0.2, 0) is 16.9 Å². The highest BCUT2D eigenvalue weighted by Crippen LogP contribution is 2.27. The summed E-state index contributed by atoms with van der Waals surface area (Å²) in [6.07, 6.45) is -3.02. The monoisotopic (exact) mass is 497 g/mol. The SMILES string of the molecule is Cn1cc(-c2nc(C(=O)N[C@H]3CS(=O)(=O)C[C@@H]3O)cc(-c3ccc(OC(F)(F)F)cc3)n2)cn1. The van der Waals surface area contributed by atoms with Crippen molar-refractivity contribution in [3.05, 3.63) is 48.4 Å². The number of carbonyl (C=O) groups excluding carboxylic acids is 1. The molecular formula is C20H18F3N5O5S. The van der Waals surface area contributed by atoms with Crippen molar-refractivity contribution in [1.29, 1.82) is 0 Å². The molecule has 180 valence electrons. The minimum Gasteiger partial charge on any atom is -0.406 e. The number of aromatic nitrogens is 4. The average molecular weight is 497 g/mol. The fourth-order valence-corrected chi connectivity index (χ4v) is 5.16. The zero-order valence-electron chi connectivity index (χ0n) is 17.5. The second-order valence-corrected chi connectivity index (χ2v) is 9.81. The predicted octanol–water partition coefficient (Wildman–Crippen LogP) is 1.33. The Hall–Kier alpha value is -3.52. The van der Waals surface area contributed by atoms with Crippen LogP contribution in [0.5, 0.6) is 5.75 Å². The number of hydrogen-bond acceptors (Lipinski definition) is 8. The third-order valence-corrected chi connectivity index (χ3v) is 6.66. The molecule has 0 saturated carbocycles. The minimum absolute atomic E-state index is 0.117. The molecular weight excluding hydrogens is 479 g/mol. The van der Waals surface area contributed by atoms with Gasteiger partial charge in [0.15, 0.2) is 15.7 Å². The Balaban J connectivity index is 1.68. The summed E-state index contributed by atoms with van der Waals surface area (Å²) in [5.41, 5.74) is 0.937. The van der Waals surface area contributed by atoms with Crippen LogP contribution in [0.3, 0.4) is 0 Å². The van der Waals surface area contributed by atoms with Crippen molar-refractivity contribution in [2.75, 3.05) is 11.5 Å². The van der Waals surface area contributed by atoms with Crippen molar-refractivity contribution < 1.29 is 36.2 Å². The Labute approximate surface area is 191 Å². The van der Waals surface area contributed by atoms with Gasteiger partial charge in [0.25, 0.3) is 5.91 Å². The summed E-state index contributed by atoms with van der Waals surface area (Å²) in [5, 5.41) is 16.5. The van der Waals surface area contributed by atoms with Crippen LogP contribution < -0.4 is 10.1 Å². The van der Waals surface area contributed by atoms with Crippen LogP contribution in [-0.4, -0.2) is 69.2 Å². The molecule has 3 heterocycles. The zero-order chi connectivity index (χ0) is 24.7. The number of aliphatic hydroxyl groups is 1. The maximum atomic E-state index is 12.9. The fraction of sp³-hybridized carbons (Fsp3) is 0.300. The van der Waals surface area contributed by atoms with Crippen molar-refractivity contribution in [2.45, 2.75) is 18.5 Å². The molecule has 2 N–H and O–H groups in total. The van der Waals surface area contributed by atoms with E-state index in [1.54, 1.807) is 13.2 Å². The van der Waals surface area contributed by atoms with Gasteiger partial charge in [-0.25, -0.2) is 18.4 Å². The smallest absolute Gasteiger partial charge is 0.406 e. The number of aliphatic hydroxyl groups excluding tert-OH is 1. The summed E-state index contributed by atoms with van der Waals surface area (Å²) in [6.45, 7) is 0. The van der Waals surface area contributed by atoms with Gasteiger partial charge in [-0.1, -0.05) is 0 Å². The number of amides is 1. The van der Waals surface area contributed by atoms with Crippen LogP contribution in [0, 0.1) is 0 Å². The van der Waals surface area contributed by atoms with E-state index in [2.05, 4.69) is 25.1 Å². The molecule has 1 aliphatic rings. The third-order valence-electron chi connectivity index (χ3n) is 4.94. The van der Waals surface area contributed by atoms with Gasteiger partial charge in [-0.2, -0.15) is 5.10 Å². The summed E-state index contributed by atoms with van der Waals surface area (Å²) >= 11 is 0. The van der Waals surface area contributed by atoms with E-state index < -0.39 is 51.5 Å².